The smallest absolute Gasteiger partial charge is 0.270 e. The number of anilines is 1. The van der Waals surface area contributed by atoms with E-state index >= 15 is 0 Å². The van der Waals surface area contributed by atoms with Crippen LogP contribution < -0.4 is 10.0 Å². The van der Waals surface area contributed by atoms with E-state index in [1.54, 1.807) is 24.3 Å². The number of aromatic nitrogens is 1. The highest BCUT2D eigenvalue weighted by molar-refractivity contribution is 7.92. The quantitative estimate of drug-likeness (QED) is 0.859. The molecule has 1 aromatic carbocycles. The van der Waals surface area contributed by atoms with E-state index in [9.17, 15) is 13.2 Å². The number of rotatable bonds is 5. The number of carbonyl (C=O) groups is 1. The van der Waals surface area contributed by atoms with E-state index in [1.165, 1.54) is 18.3 Å². The molecule has 0 spiro atoms. The van der Waals surface area contributed by atoms with Crippen molar-refractivity contribution in [3.05, 3.63) is 53.9 Å². The second-order valence-electron chi connectivity index (χ2n) is 6.30. The Balaban J connectivity index is 1.74. The van der Waals surface area contributed by atoms with Crippen LogP contribution >= 0.6 is 0 Å². The van der Waals surface area contributed by atoms with Gasteiger partial charge >= 0.3 is 0 Å². The largest absolute Gasteiger partial charge is 0.348 e. The van der Waals surface area contributed by atoms with Gasteiger partial charge in [-0.3, -0.25) is 14.5 Å². The molecule has 1 aliphatic rings. The topological polar surface area (TPSA) is 88.2 Å². The molecule has 2 N–H and O–H groups in total. The predicted molar refractivity (Wildman–Crippen MR) is 95.9 cm³/mol. The molecule has 6 nitrogen and oxygen atoms in total. The number of hydrogen-bond acceptors (Lipinski definition) is 4. The van der Waals surface area contributed by atoms with Crippen LogP contribution in [0, 0.1) is 6.92 Å². The first-order valence-corrected chi connectivity index (χ1v) is 9.79. The maximum Gasteiger partial charge on any atom is 0.270 e. The molecule has 132 valence electrons. The molecule has 1 aliphatic carbocycles. The molecular weight excluding hydrogens is 338 g/mol. The zero-order chi connectivity index (χ0) is 17.9. The minimum Gasteiger partial charge on any atom is -0.348 e. The lowest BCUT2D eigenvalue weighted by Crippen LogP contribution is -2.33. The van der Waals surface area contributed by atoms with Crippen LogP contribution in [0.25, 0.3) is 0 Å². The van der Waals surface area contributed by atoms with Crippen LogP contribution in [0.15, 0.2) is 47.5 Å². The Hall–Kier alpha value is -2.41. The average Bonchev–Trinajstić information content (AvgIpc) is 3.08. The molecule has 0 saturated heterocycles. The zero-order valence-electron chi connectivity index (χ0n) is 14.0. The number of amides is 1. The van der Waals surface area contributed by atoms with Crippen molar-refractivity contribution in [2.75, 3.05) is 4.72 Å². The Kier molecular flexibility index (Phi) is 5.03. The summed E-state index contributed by atoms with van der Waals surface area (Å²) in [5, 5.41) is 2.94. The fourth-order valence-electron chi connectivity index (χ4n) is 2.88. The van der Waals surface area contributed by atoms with Gasteiger partial charge in [0.15, 0.2) is 0 Å². The Labute approximate surface area is 147 Å². The average molecular weight is 359 g/mol. The minimum absolute atomic E-state index is 0.173. The third-order valence-corrected chi connectivity index (χ3v) is 5.66. The van der Waals surface area contributed by atoms with E-state index in [1.807, 2.05) is 6.92 Å². The van der Waals surface area contributed by atoms with E-state index in [0.29, 0.717) is 5.69 Å². The number of nitrogens with zero attached hydrogens (tertiary/aromatic N) is 1. The highest BCUT2D eigenvalue weighted by Crippen LogP contribution is 2.19. The Morgan fingerprint density at radius 1 is 1.12 bits per heavy atom. The molecule has 0 radical (unpaired) electrons. The van der Waals surface area contributed by atoms with Crippen molar-refractivity contribution >= 4 is 21.6 Å². The molecule has 1 aromatic heterocycles. The van der Waals surface area contributed by atoms with Crippen LogP contribution in [0.5, 0.6) is 0 Å². The summed E-state index contributed by atoms with van der Waals surface area (Å²) in [6, 6.07) is 9.73. The molecule has 1 fully saturated rings. The van der Waals surface area contributed by atoms with Gasteiger partial charge in [-0.25, -0.2) is 8.42 Å². The standard InChI is InChI=1S/C18H21N3O3S/c1-13-6-8-16(9-7-13)25(23,24)21-15-10-11-19-17(12-15)18(22)20-14-4-2-3-5-14/h6-12,14H,2-5H2,1H3,(H,19,21)(H,20,22). The Bertz CT molecular complexity index is 857. The molecule has 0 atom stereocenters. The van der Waals surface area contributed by atoms with Crippen molar-refractivity contribution in [3.63, 3.8) is 0 Å². The Morgan fingerprint density at radius 2 is 1.80 bits per heavy atom. The van der Waals surface area contributed by atoms with Crippen molar-refractivity contribution in [2.45, 2.75) is 43.5 Å². The summed E-state index contributed by atoms with van der Waals surface area (Å²) < 4.78 is 27.4. The number of hydrogen-bond donors (Lipinski definition) is 2. The maximum atomic E-state index is 12.4. The lowest BCUT2D eigenvalue weighted by molar-refractivity contribution is 0.0933. The van der Waals surface area contributed by atoms with Gasteiger partial charge in [-0.05, 0) is 44.0 Å². The summed E-state index contributed by atoms with van der Waals surface area (Å²) in [6.07, 6.45) is 5.62. The van der Waals surface area contributed by atoms with E-state index in [0.717, 1.165) is 31.2 Å². The third kappa shape index (κ3) is 4.36. The molecule has 1 heterocycles. The van der Waals surface area contributed by atoms with Crippen molar-refractivity contribution in [1.82, 2.24) is 10.3 Å². The van der Waals surface area contributed by atoms with Crippen LogP contribution in [0.2, 0.25) is 0 Å². The fourth-order valence-corrected chi connectivity index (χ4v) is 3.93. The minimum atomic E-state index is -3.70. The number of sulfonamides is 1. The van der Waals surface area contributed by atoms with E-state index in [2.05, 4.69) is 15.0 Å². The van der Waals surface area contributed by atoms with Crippen molar-refractivity contribution in [2.24, 2.45) is 0 Å². The number of benzene rings is 1. The molecule has 2 aromatic rings. The van der Waals surface area contributed by atoms with Crippen LogP contribution in [-0.4, -0.2) is 25.4 Å². The van der Waals surface area contributed by atoms with Gasteiger partial charge in [0.25, 0.3) is 15.9 Å². The number of carbonyl (C=O) groups excluding carboxylic acids is 1. The number of nitrogens with one attached hydrogen (secondary N) is 2. The molecular formula is C18H21N3O3S. The normalized spacial score (nSPS) is 15.1. The first-order valence-electron chi connectivity index (χ1n) is 8.30. The van der Waals surface area contributed by atoms with E-state index in [-0.39, 0.29) is 22.5 Å². The van der Waals surface area contributed by atoms with Gasteiger partial charge in [-0.1, -0.05) is 30.5 Å². The molecule has 1 saturated carbocycles. The van der Waals surface area contributed by atoms with Gasteiger partial charge in [0.1, 0.15) is 5.69 Å². The molecule has 0 aliphatic heterocycles. The van der Waals surface area contributed by atoms with Crippen LogP contribution in [0.1, 0.15) is 41.7 Å². The lowest BCUT2D eigenvalue weighted by atomic mass is 10.2. The number of pyridine rings is 1. The van der Waals surface area contributed by atoms with Gasteiger partial charge < -0.3 is 5.32 Å². The zero-order valence-corrected chi connectivity index (χ0v) is 14.8. The number of aryl methyl sites for hydroxylation is 1. The molecule has 1 amide bonds. The summed E-state index contributed by atoms with van der Waals surface area (Å²) in [4.78, 5) is 16.5. The first-order chi connectivity index (χ1) is 11.9. The van der Waals surface area contributed by atoms with Crippen LogP contribution in [-0.2, 0) is 10.0 Å². The fraction of sp³-hybridized carbons (Fsp3) is 0.333. The summed E-state index contributed by atoms with van der Waals surface area (Å²) in [5.74, 6) is -0.275. The van der Waals surface area contributed by atoms with E-state index < -0.39 is 10.0 Å². The van der Waals surface area contributed by atoms with Crippen molar-refractivity contribution in [1.29, 1.82) is 0 Å². The molecule has 7 heteroatoms. The highest BCUT2D eigenvalue weighted by atomic mass is 32.2. The lowest BCUT2D eigenvalue weighted by Gasteiger charge is -2.12. The second-order valence-corrected chi connectivity index (χ2v) is 7.99. The third-order valence-electron chi connectivity index (χ3n) is 4.27. The summed E-state index contributed by atoms with van der Waals surface area (Å²) in [6.45, 7) is 1.89. The SMILES string of the molecule is Cc1ccc(S(=O)(=O)Nc2ccnc(C(=O)NC3CCCC3)c2)cc1. The summed E-state index contributed by atoms with van der Waals surface area (Å²) >= 11 is 0. The van der Waals surface area contributed by atoms with Gasteiger partial charge in [0.05, 0.1) is 10.6 Å². The van der Waals surface area contributed by atoms with Crippen LogP contribution in [0.4, 0.5) is 5.69 Å². The molecule has 3 rings (SSSR count). The Morgan fingerprint density at radius 3 is 2.48 bits per heavy atom. The van der Waals surface area contributed by atoms with Gasteiger partial charge in [-0.2, -0.15) is 0 Å². The van der Waals surface area contributed by atoms with Crippen LogP contribution in [0.3, 0.4) is 0 Å². The molecule has 0 unspecified atom stereocenters. The van der Waals surface area contributed by atoms with Crippen molar-refractivity contribution < 1.29 is 13.2 Å². The maximum absolute atomic E-state index is 12.4. The summed E-state index contributed by atoms with van der Waals surface area (Å²) in [5.41, 5.74) is 1.50. The van der Waals surface area contributed by atoms with E-state index in [4.69, 9.17) is 0 Å². The predicted octanol–water partition coefficient (Wildman–Crippen LogP) is 2.86. The summed E-state index contributed by atoms with van der Waals surface area (Å²) in [7, 11) is -3.70. The highest BCUT2D eigenvalue weighted by Gasteiger charge is 2.19. The molecule has 0 bridgehead atoms. The second kappa shape index (κ2) is 7.23. The van der Waals surface area contributed by atoms with Crippen molar-refractivity contribution in [3.8, 4) is 0 Å². The monoisotopic (exact) mass is 359 g/mol. The first kappa shape index (κ1) is 17.4. The van der Waals surface area contributed by atoms with Gasteiger partial charge in [0, 0.05) is 12.2 Å². The molecule has 25 heavy (non-hydrogen) atoms. The van der Waals surface area contributed by atoms with Gasteiger partial charge in [-0.15, -0.1) is 0 Å². The van der Waals surface area contributed by atoms with Gasteiger partial charge in [0.2, 0.25) is 0 Å².